The van der Waals surface area contributed by atoms with E-state index in [0.29, 0.717) is 0 Å². The topological polar surface area (TPSA) is 0 Å². The molecule has 0 atom stereocenters. The normalized spacial score (nSPS) is 12.5. The van der Waals surface area contributed by atoms with Gasteiger partial charge in [0, 0.05) is 0 Å². The predicted molar refractivity (Wildman–Crippen MR) is 126 cm³/mol. The Labute approximate surface area is 177 Å². The van der Waals surface area contributed by atoms with Gasteiger partial charge in [-0.15, -0.1) is 0 Å². The third-order valence-corrected chi connectivity index (χ3v) is 7.74. The number of unbranched alkanes of at least 4 members (excludes halogenated alkanes) is 2. The van der Waals surface area contributed by atoms with Crippen LogP contribution in [0.3, 0.4) is 0 Å². The van der Waals surface area contributed by atoms with Gasteiger partial charge in [-0.05, 0) is 91.2 Å². The summed E-state index contributed by atoms with van der Waals surface area (Å²) in [6.07, 6.45) is 7.82. The number of benzene rings is 1. The molecule has 28 heavy (non-hydrogen) atoms. The SMILES string of the molecule is CC[N+](CC)(CC)CCCCc1ccc(CCCC[N+](CC)(CC)CC)cc1. The van der Waals surface area contributed by atoms with E-state index in [2.05, 4.69) is 65.8 Å². The first-order valence-electron chi connectivity index (χ1n) is 12.3. The largest absolute Gasteiger partial charge is 0.324 e. The molecule has 0 spiro atoms. The molecule has 0 heterocycles. The minimum absolute atomic E-state index is 1.24. The number of nitrogens with zero attached hydrogens (tertiary/aromatic N) is 2. The molecule has 0 unspecified atom stereocenters. The Balaban J connectivity index is 2.32. The molecule has 162 valence electrons. The Morgan fingerprint density at radius 3 is 1.00 bits per heavy atom. The molecule has 0 bridgehead atoms. The first-order chi connectivity index (χ1) is 13.5. The van der Waals surface area contributed by atoms with Crippen LogP contribution in [0.5, 0.6) is 0 Å². The van der Waals surface area contributed by atoms with E-state index in [-0.39, 0.29) is 0 Å². The average molecular weight is 391 g/mol. The van der Waals surface area contributed by atoms with Crippen molar-refractivity contribution in [2.45, 2.75) is 80.1 Å². The van der Waals surface area contributed by atoms with Crippen molar-refractivity contribution in [2.75, 3.05) is 52.4 Å². The molecule has 0 aromatic heterocycles. The Hall–Kier alpha value is -0.860. The van der Waals surface area contributed by atoms with E-state index in [0.717, 1.165) is 0 Å². The van der Waals surface area contributed by atoms with Crippen molar-refractivity contribution in [2.24, 2.45) is 0 Å². The number of hydrogen-bond acceptors (Lipinski definition) is 0. The third-order valence-electron chi connectivity index (χ3n) is 7.74. The third kappa shape index (κ3) is 7.87. The van der Waals surface area contributed by atoms with Gasteiger partial charge in [0.05, 0.1) is 52.4 Å². The second-order valence-electron chi connectivity index (χ2n) is 8.76. The first kappa shape index (κ1) is 25.2. The fraction of sp³-hybridized carbons (Fsp3) is 0.769. The Morgan fingerprint density at radius 2 is 0.750 bits per heavy atom. The Morgan fingerprint density at radius 1 is 0.464 bits per heavy atom. The molecule has 1 aromatic rings. The van der Waals surface area contributed by atoms with Gasteiger partial charge < -0.3 is 8.97 Å². The smallest absolute Gasteiger partial charge is 0.0786 e. The molecule has 0 fully saturated rings. The van der Waals surface area contributed by atoms with Gasteiger partial charge in [-0.25, -0.2) is 0 Å². The highest BCUT2D eigenvalue weighted by Crippen LogP contribution is 2.14. The molecule has 0 N–H and O–H groups in total. The zero-order chi connectivity index (χ0) is 20.9. The molecular formula is C26H50N2+2. The Kier molecular flexibility index (Phi) is 12.0. The lowest BCUT2D eigenvalue weighted by molar-refractivity contribution is -0.923. The number of aryl methyl sites for hydroxylation is 2. The molecule has 1 rings (SSSR count). The van der Waals surface area contributed by atoms with Gasteiger partial charge in [-0.1, -0.05) is 24.3 Å². The van der Waals surface area contributed by atoms with Gasteiger partial charge in [0.15, 0.2) is 0 Å². The lowest BCUT2D eigenvalue weighted by Crippen LogP contribution is -2.48. The van der Waals surface area contributed by atoms with E-state index in [1.807, 2.05) is 0 Å². The van der Waals surface area contributed by atoms with Gasteiger partial charge >= 0.3 is 0 Å². The Bertz CT molecular complexity index is 434. The summed E-state index contributed by atoms with van der Waals surface area (Å²) < 4.78 is 2.57. The van der Waals surface area contributed by atoms with Crippen LogP contribution in [0.4, 0.5) is 0 Å². The van der Waals surface area contributed by atoms with Gasteiger partial charge in [0.1, 0.15) is 0 Å². The molecule has 2 heteroatoms. The molecule has 0 saturated heterocycles. The van der Waals surface area contributed by atoms with E-state index in [9.17, 15) is 0 Å². The standard InChI is InChI=1S/C26H50N2/c1-7-27(8-2,9-3)23-15-13-17-25-19-21-26(22-20-25)18-14-16-24-28(10-4,11-5)12-6/h19-22H,7-18,23-24H2,1-6H3/q+2. The maximum Gasteiger partial charge on any atom is 0.0786 e. The van der Waals surface area contributed by atoms with Crippen molar-refractivity contribution in [1.82, 2.24) is 0 Å². The van der Waals surface area contributed by atoms with Crippen LogP contribution >= 0.6 is 0 Å². The molecule has 0 aliphatic carbocycles. The van der Waals surface area contributed by atoms with Crippen LogP contribution in [0.15, 0.2) is 24.3 Å². The summed E-state index contributed by atoms with van der Waals surface area (Å²) in [5.74, 6) is 0. The van der Waals surface area contributed by atoms with Crippen LogP contribution in [0.25, 0.3) is 0 Å². The minimum Gasteiger partial charge on any atom is -0.324 e. The average Bonchev–Trinajstić information content (AvgIpc) is 2.76. The second-order valence-corrected chi connectivity index (χ2v) is 8.76. The monoisotopic (exact) mass is 390 g/mol. The first-order valence-corrected chi connectivity index (χ1v) is 12.3. The van der Waals surface area contributed by atoms with Crippen molar-refractivity contribution >= 4 is 0 Å². The van der Waals surface area contributed by atoms with Crippen molar-refractivity contribution in [3.63, 3.8) is 0 Å². The predicted octanol–water partition coefficient (Wildman–Crippen LogP) is 6.09. The molecule has 0 amide bonds. The quantitative estimate of drug-likeness (QED) is 0.237. The van der Waals surface area contributed by atoms with Crippen molar-refractivity contribution in [3.8, 4) is 0 Å². The van der Waals surface area contributed by atoms with Crippen molar-refractivity contribution in [3.05, 3.63) is 35.4 Å². The number of hydrogen-bond donors (Lipinski definition) is 0. The van der Waals surface area contributed by atoms with Crippen molar-refractivity contribution < 1.29 is 8.97 Å². The van der Waals surface area contributed by atoms with E-state index in [4.69, 9.17) is 0 Å². The summed E-state index contributed by atoms with van der Waals surface area (Å²) >= 11 is 0. The van der Waals surface area contributed by atoms with E-state index in [1.165, 1.54) is 111 Å². The highest BCUT2D eigenvalue weighted by Gasteiger charge is 2.20. The van der Waals surface area contributed by atoms with E-state index >= 15 is 0 Å². The molecule has 0 saturated carbocycles. The maximum atomic E-state index is 2.38. The lowest BCUT2D eigenvalue weighted by atomic mass is 10.0. The molecule has 1 aromatic carbocycles. The summed E-state index contributed by atoms with van der Waals surface area (Å²) in [5.41, 5.74) is 3.04. The molecule has 0 aliphatic rings. The number of quaternary nitrogens is 2. The highest BCUT2D eigenvalue weighted by atomic mass is 15.3. The lowest BCUT2D eigenvalue weighted by Gasteiger charge is -2.35. The van der Waals surface area contributed by atoms with Crippen LogP contribution in [0.1, 0.15) is 78.4 Å². The molecule has 2 nitrogen and oxygen atoms in total. The van der Waals surface area contributed by atoms with Gasteiger partial charge in [0.25, 0.3) is 0 Å². The summed E-state index contributed by atoms with van der Waals surface area (Å²) in [4.78, 5) is 0. The van der Waals surface area contributed by atoms with Gasteiger partial charge in [-0.2, -0.15) is 0 Å². The van der Waals surface area contributed by atoms with Crippen LogP contribution in [-0.4, -0.2) is 61.3 Å². The van der Waals surface area contributed by atoms with Crippen LogP contribution < -0.4 is 0 Å². The maximum absolute atomic E-state index is 2.38. The summed E-state index contributed by atoms with van der Waals surface area (Å²) in [6.45, 7) is 24.4. The molecule has 0 aliphatic heterocycles. The van der Waals surface area contributed by atoms with Gasteiger partial charge in [-0.3, -0.25) is 0 Å². The number of rotatable bonds is 16. The van der Waals surface area contributed by atoms with Crippen molar-refractivity contribution in [1.29, 1.82) is 0 Å². The molecule has 0 radical (unpaired) electrons. The van der Waals surface area contributed by atoms with E-state index < -0.39 is 0 Å². The highest BCUT2D eigenvalue weighted by molar-refractivity contribution is 5.22. The fourth-order valence-corrected chi connectivity index (χ4v) is 4.72. The van der Waals surface area contributed by atoms with Gasteiger partial charge in [0.2, 0.25) is 0 Å². The fourth-order valence-electron chi connectivity index (χ4n) is 4.72. The summed E-state index contributed by atoms with van der Waals surface area (Å²) in [6, 6.07) is 9.51. The zero-order valence-electron chi connectivity index (χ0n) is 20.1. The zero-order valence-corrected chi connectivity index (χ0v) is 20.1. The summed E-state index contributed by atoms with van der Waals surface area (Å²) in [7, 11) is 0. The second kappa shape index (κ2) is 13.4. The molecular weight excluding hydrogens is 340 g/mol. The minimum atomic E-state index is 1.24. The van der Waals surface area contributed by atoms with Crippen LogP contribution in [0.2, 0.25) is 0 Å². The summed E-state index contributed by atoms with van der Waals surface area (Å²) in [5, 5.41) is 0. The van der Waals surface area contributed by atoms with Crippen LogP contribution in [-0.2, 0) is 12.8 Å². The van der Waals surface area contributed by atoms with Crippen LogP contribution in [0, 0.1) is 0 Å². The van der Waals surface area contributed by atoms with E-state index in [1.54, 1.807) is 0 Å².